The maximum absolute atomic E-state index is 12.8. The van der Waals surface area contributed by atoms with Gasteiger partial charge in [0, 0.05) is 49.8 Å². The molecule has 0 unspecified atom stereocenters. The number of anilines is 1. The van der Waals surface area contributed by atoms with Gasteiger partial charge in [0.1, 0.15) is 5.69 Å². The van der Waals surface area contributed by atoms with Crippen molar-refractivity contribution < 1.29 is 4.79 Å². The zero-order chi connectivity index (χ0) is 18.6. The van der Waals surface area contributed by atoms with Gasteiger partial charge in [-0.15, -0.1) is 0 Å². The molecule has 0 saturated heterocycles. The van der Waals surface area contributed by atoms with Crippen molar-refractivity contribution in [2.45, 2.75) is 0 Å². The summed E-state index contributed by atoms with van der Waals surface area (Å²) in [4.78, 5) is 25.3. The highest BCUT2D eigenvalue weighted by Gasteiger charge is 2.15. The van der Waals surface area contributed by atoms with Gasteiger partial charge in [0.15, 0.2) is 0 Å². The van der Waals surface area contributed by atoms with Crippen molar-refractivity contribution in [2.24, 2.45) is 7.05 Å². The van der Waals surface area contributed by atoms with Gasteiger partial charge in [-0.25, -0.2) is 0 Å². The number of nitrogens with zero attached hydrogens (tertiary/aromatic N) is 5. The van der Waals surface area contributed by atoms with Crippen LogP contribution in [0.2, 0.25) is 0 Å². The lowest BCUT2D eigenvalue weighted by molar-refractivity contribution is 0.102. The Balaban J connectivity index is 1.63. The number of aromatic nitrogens is 5. The first kappa shape index (κ1) is 16.6. The van der Waals surface area contributed by atoms with E-state index in [4.69, 9.17) is 0 Å². The number of carbonyl (C=O) groups excluding carboxylic acids is 1. The standard InChI is InChI=1S/C20H16N6O/c1-26-13-18(19(25-26)17-4-2-3-7-23-17)24-20(27)16-10-15(11-22-12-16)14-5-8-21-9-6-14/h2-13H,1H3,(H,24,27). The van der Waals surface area contributed by atoms with Crippen molar-refractivity contribution in [3.8, 4) is 22.5 Å². The number of rotatable bonds is 4. The van der Waals surface area contributed by atoms with Gasteiger partial charge in [0.05, 0.1) is 16.9 Å². The summed E-state index contributed by atoms with van der Waals surface area (Å²) in [6, 6.07) is 11.1. The first-order valence-electron chi connectivity index (χ1n) is 8.32. The molecule has 1 N–H and O–H groups in total. The normalized spacial score (nSPS) is 10.6. The molecule has 7 nitrogen and oxygen atoms in total. The van der Waals surface area contributed by atoms with E-state index in [-0.39, 0.29) is 5.91 Å². The molecule has 132 valence electrons. The molecule has 0 spiro atoms. The Morgan fingerprint density at radius 2 is 1.85 bits per heavy atom. The van der Waals surface area contributed by atoms with E-state index in [2.05, 4.69) is 25.4 Å². The molecule has 0 aliphatic rings. The fourth-order valence-corrected chi connectivity index (χ4v) is 2.73. The molecule has 0 aromatic carbocycles. The Morgan fingerprint density at radius 3 is 2.63 bits per heavy atom. The second kappa shape index (κ2) is 7.17. The van der Waals surface area contributed by atoms with Gasteiger partial charge in [-0.05, 0) is 35.9 Å². The number of carbonyl (C=O) groups is 1. The summed E-state index contributed by atoms with van der Waals surface area (Å²) in [5, 5.41) is 7.32. The van der Waals surface area contributed by atoms with Gasteiger partial charge in [0.25, 0.3) is 5.91 Å². The van der Waals surface area contributed by atoms with Gasteiger partial charge >= 0.3 is 0 Å². The lowest BCUT2D eigenvalue weighted by Crippen LogP contribution is -2.12. The van der Waals surface area contributed by atoms with E-state index in [1.54, 1.807) is 48.8 Å². The summed E-state index contributed by atoms with van der Waals surface area (Å²) < 4.78 is 1.64. The van der Waals surface area contributed by atoms with Gasteiger partial charge in [-0.3, -0.25) is 24.4 Å². The highest BCUT2D eigenvalue weighted by atomic mass is 16.1. The van der Waals surface area contributed by atoms with Gasteiger partial charge in [0.2, 0.25) is 0 Å². The van der Waals surface area contributed by atoms with E-state index in [0.717, 1.165) is 11.1 Å². The summed E-state index contributed by atoms with van der Waals surface area (Å²) in [6.45, 7) is 0. The van der Waals surface area contributed by atoms with Crippen LogP contribution in [0.1, 0.15) is 10.4 Å². The van der Waals surface area contributed by atoms with Crippen molar-refractivity contribution in [1.29, 1.82) is 0 Å². The summed E-state index contributed by atoms with van der Waals surface area (Å²) >= 11 is 0. The average Bonchev–Trinajstić information content (AvgIpc) is 3.09. The molecular weight excluding hydrogens is 340 g/mol. The molecule has 27 heavy (non-hydrogen) atoms. The molecule has 4 aromatic heterocycles. The summed E-state index contributed by atoms with van der Waals surface area (Å²) in [5.74, 6) is -0.261. The van der Waals surface area contributed by atoms with Crippen LogP contribution in [0.15, 0.2) is 73.6 Å². The number of nitrogens with one attached hydrogen (secondary N) is 1. The molecule has 0 bridgehead atoms. The largest absolute Gasteiger partial charge is 0.319 e. The number of hydrogen-bond donors (Lipinski definition) is 1. The third-order valence-electron chi connectivity index (χ3n) is 4.00. The molecule has 0 aliphatic carbocycles. The quantitative estimate of drug-likeness (QED) is 0.607. The molecule has 4 rings (SSSR count). The predicted molar refractivity (Wildman–Crippen MR) is 102 cm³/mol. The second-order valence-electron chi connectivity index (χ2n) is 5.93. The van der Waals surface area contributed by atoms with Gasteiger partial charge in [-0.2, -0.15) is 5.10 Å². The minimum Gasteiger partial charge on any atom is -0.319 e. The van der Waals surface area contributed by atoms with Gasteiger partial charge < -0.3 is 5.32 Å². The molecule has 1 amide bonds. The molecule has 4 aromatic rings. The molecule has 0 fully saturated rings. The van der Waals surface area contributed by atoms with Crippen molar-refractivity contribution in [2.75, 3.05) is 5.32 Å². The first-order chi connectivity index (χ1) is 13.2. The fraction of sp³-hybridized carbons (Fsp3) is 0.0500. The summed E-state index contributed by atoms with van der Waals surface area (Å²) in [5.41, 5.74) is 4.15. The fourth-order valence-electron chi connectivity index (χ4n) is 2.73. The predicted octanol–water partition coefficient (Wildman–Crippen LogP) is 3.19. The third kappa shape index (κ3) is 3.57. The number of pyridine rings is 3. The minimum absolute atomic E-state index is 0.261. The lowest BCUT2D eigenvalue weighted by atomic mass is 10.1. The van der Waals surface area contributed by atoms with E-state index < -0.39 is 0 Å². The van der Waals surface area contributed by atoms with Crippen molar-refractivity contribution in [1.82, 2.24) is 24.7 Å². The zero-order valence-corrected chi connectivity index (χ0v) is 14.6. The maximum atomic E-state index is 12.8. The molecule has 4 heterocycles. The van der Waals surface area contributed by atoms with Crippen LogP contribution in [-0.4, -0.2) is 30.6 Å². The molecule has 0 atom stereocenters. The highest BCUT2D eigenvalue weighted by molar-refractivity contribution is 6.06. The Hall–Kier alpha value is -3.87. The monoisotopic (exact) mass is 356 g/mol. The molecule has 0 radical (unpaired) electrons. The van der Waals surface area contributed by atoms with Crippen molar-refractivity contribution in [3.63, 3.8) is 0 Å². The average molecular weight is 356 g/mol. The van der Waals surface area contributed by atoms with Crippen LogP contribution in [-0.2, 0) is 7.05 Å². The molecule has 0 aliphatic heterocycles. The Kier molecular flexibility index (Phi) is 4.40. The first-order valence-corrected chi connectivity index (χ1v) is 8.32. The van der Waals surface area contributed by atoms with E-state index >= 15 is 0 Å². The van der Waals surface area contributed by atoms with E-state index in [9.17, 15) is 4.79 Å². The third-order valence-corrected chi connectivity index (χ3v) is 4.00. The summed E-state index contributed by atoms with van der Waals surface area (Å²) in [6.07, 6.45) is 10.1. The maximum Gasteiger partial charge on any atom is 0.257 e. The van der Waals surface area contributed by atoms with E-state index in [1.165, 1.54) is 6.20 Å². The molecule has 7 heteroatoms. The second-order valence-corrected chi connectivity index (χ2v) is 5.93. The Morgan fingerprint density at radius 1 is 1.00 bits per heavy atom. The lowest BCUT2D eigenvalue weighted by Gasteiger charge is -2.07. The van der Waals surface area contributed by atoms with Crippen LogP contribution >= 0.6 is 0 Å². The number of hydrogen-bond acceptors (Lipinski definition) is 5. The SMILES string of the molecule is Cn1cc(NC(=O)c2cncc(-c3ccncc3)c2)c(-c2ccccn2)n1. The highest BCUT2D eigenvalue weighted by Crippen LogP contribution is 2.25. The van der Waals surface area contributed by atoms with Crippen LogP contribution < -0.4 is 5.32 Å². The topological polar surface area (TPSA) is 85.6 Å². The Labute approximate surface area is 155 Å². The van der Waals surface area contributed by atoms with E-state index in [0.29, 0.717) is 22.6 Å². The van der Waals surface area contributed by atoms with Crippen molar-refractivity contribution in [3.05, 3.63) is 79.1 Å². The number of amides is 1. The van der Waals surface area contributed by atoms with Crippen LogP contribution in [0, 0.1) is 0 Å². The van der Waals surface area contributed by atoms with Crippen LogP contribution in [0.25, 0.3) is 22.5 Å². The summed E-state index contributed by atoms with van der Waals surface area (Å²) in [7, 11) is 1.80. The smallest absolute Gasteiger partial charge is 0.257 e. The Bertz CT molecular complexity index is 1080. The van der Waals surface area contributed by atoms with Crippen molar-refractivity contribution >= 4 is 11.6 Å². The molecule has 0 saturated carbocycles. The van der Waals surface area contributed by atoms with Crippen LogP contribution in [0.3, 0.4) is 0 Å². The zero-order valence-electron chi connectivity index (χ0n) is 14.6. The molecular formula is C20H16N6O. The van der Waals surface area contributed by atoms with Gasteiger partial charge in [-0.1, -0.05) is 6.07 Å². The van der Waals surface area contributed by atoms with Crippen LogP contribution in [0.5, 0.6) is 0 Å². The number of aryl methyl sites for hydroxylation is 1. The minimum atomic E-state index is -0.261. The van der Waals surface area contributed by atoms with Crippen LogP contribution in [0.4, 0.5) is 5.69 Å². The van der Waals surface area contributed by atoms with E-state index in [1.807, 2.05) is 30.3 Å².